The van der Waals surface area contributed by atoms with Crippen molar-refractivity contribution < 1.29 is 14.0 Å². The SMILES string of the molecule is O=C(Nc1cccc(F)c1)c1nnc([C@@H]2CCCN(C(=O)c3ccc(Cl)cc3)C2)s1. The van der Waals surface area contributed by atoms with Gasteiger partial charge in [0.1, 0.15) is 10.8 Å². The number of rotatable bonds is 4. The Morgan fingerprint density at radius 1 is 1.17 bits per heavy atom. The molecule has 3 aromatic rings. The number of benzene rings is 2. The number of hydrogen-bond donors (Lipinski definition) is 1. The molecule has 9 heteroatoms. The Labute approximate surface area is 181 Å². The zero-order chi connectivity index (χ0) is 21.1. The lowest BCUT2D eigenvalue weighted by Crippen LogP contribution is -2.39. The van der Waals surface area contributed by atoms with E-state index in [1.165, 1.54) is 29.5 Å². The molecule has 30 heavy (non-hydrogen) atoms. The van der Waals surface area contributed by atoms with Crippen LogP contribution in [0.2, 0.25) is 5.02 Å². The molecule has 1 atom stereocenters. The maximum atomic E-state index is 13.3. The third kappa shape index (κ3) is 4.66. The predicted octanol–water partition coefficient (Wildman–Crippen LogP) is 4.60. The molecule has 1 N–H and O–H groups in total. The van der Waals surface area contributed by atoms with E-state index in [0.29, 0.717) is 34.4 Å². The van der Waals surface area contributed by atoms with E-state index in [9.17, 15) is 14.0 Å². The summed E-state index contributed by atoms with van der Waals surface area (Å²) < 4.78 is 13.3. The smallest absolute Gasteiger partial charge is 0.286 e. The lowest BCUT2D eigenvalue weighted by Gasteiger charge is -2.31. The summed E-state index contributed by atoms with van der Waals surface area (Å²) in [7, 11) is 0. The molecular formula is C21H18ClFN4O2S. The average Bonchev–Trinajstić information content (AvgIpc) is 3.24. The van der Waals surface area contributed by atoms with Crippen molar-refractivity contribution in [3.05, 3.63) is 74.9 Å². The summed E-state index contributed by atoms with van der Waals surface area (Å²) in [6, 6.07) is 12.5. The van der Waals surface area contributed by atoms with Crippen LogP contribution in [0.15, 0.2) is 48.5 Å². The van der Waals surface area contributed by atoms with Crippen molar-refractivity contribution in [1.82, 2.24) is 15.1 Å². The molecule has 1 aliphatic heterocycles. The maximum absolute atomic E-state index is 13.3. The molecule has 1 saturated heterocycles. The minimum atomic E-state index is -0.436. The van der Waals surface area contributed by atoms with Crippen LogP contribution < -0.4 is 5.32 Å². The van der Waals surface area contributed by atoms with Crippen LogP contribution in [-0.2, 0) is 0 Å². The molecule has 0 saturated carbocycles. The van der Waals surface area contributed by atoms with Crippen LogP contribution in [0.1, 0.15) is 43.9 Å². The van der Waals surface area contributed by atoms with Gasteiger partial charge < -0.3 is 10.2 Å². The van der Waals surface area contributed by atoms with Crippen LogP contribution in [0.4, 0.5) is 10.1 Å². The van der Waals surface area contributed by atoms with Crippen LogP contribution in [-0.4, -0.2) is 40.0 Å². The van der Waals surface area contributed by atoms with E-state index in [1.807, 2.05) is 0 Å². The van der Waals surface area contributed by atoms with Crippen molar-refractivity contribution >= 4 is 40.4 Å². The first kappa shape index (κ1) is 20.4. The van der Waals surface area contributed by atoms with Gasteiger partial charge >= 0.3 is 0 Å². The van der Waals surface area contributed by atoms with Crippen molar-refractivity contribution in [2.24, 2.45) is 0 Å². The number of nitrogens with one attached hydrogen (secondary N) is 1. The van der Waals surface area contributed by atoms with Crippen molar-refractivity contribution in [2.75, 3.05) is 18.4 Å². The highest BCUT2D eigenvalue weighted by Crippen LogP contribution is 2.30. The van der Waals surface area contributed by atoms with Crippen molar-refractivity contribution in [3.63, 3.8) is 0 Å². The summed E-state index contributed by atoms with van der Waals surface area (Å²) in [5.41, 5.74) is 0.946. The van der Waals surface area contributed by atoms with Gasteiger partial charge in [-0.25, -0.2) is 4.39 Å². The van der Waals surface area contributed by atoms with E-state index in [-0.39, 0.29) is 16.8 Å². The quantitative estimate of drug-likeness (QED) is 0.638. The molecule has 0 spiro atoms. The summed E-state index contributed by atoms with van der Waals surface area (Å²) in [6.45, 7) is 1.19. The molecule has 1 aromatic heterocycles. The van der Waals surface area contributed by atoms with Gasteiger partial charge in [0.15, 0.2) is 0 Å². The predicted molar refractivity (Wildman–Crippen MR) is 114 cm³/mol. The highest BCUT2D eigenvalue weighted by molar-refractivity contribution is 7.13. The number of hydrogen-bond acceptors (Lipinski definition) is 5. The molecule has 2 amide bonds. The number of nitrogens with zero attached hydrogens (tertiary/aromatic N) is 3. The number of likely N-dealkylation sites (tertiary alicyclic amines) is 1. The second kappa shape index (κ2) is 8.89. The fraction of sp³-hybridized carbons (Fsp3) is 0.238. The molecule has 2 aromatic carbocycles. The van der Waals surface area contributed by atoms with E-state index in [0.717, 1.165) is 12.8 Å². The van der Waals surface area contributed by atoms with Crippen molar-refractivity contribution in [1.29, 1.82) is 0 Å². The average molecular weight is 445 g/mol. The van der Waals surface area contributed by atoms with Gasteiger partial charge in [-0.05, 0) is 55.3 Å². The Kier molecular flexibility index (Phi) is 6.06. The van der Waals surface area contributed by atoms with Gasteiger partial charge in [0.05, 0.1) is 0 Å². The molecule has 2 heterocycles. The number of amides is 2. The highest BCUT2D eigenvalue weighted by atomic mass is 35.5. The molecule has 0 aliphatic carbocycles. The van der Waals surface area contributed by atoms with Crippen molar-refractivity contribution in [2.45, 2.75) is 18.8 Å². The van der Waals surface area contributed by atoms with E-state index >= 15 is 0 Å². The highest BCUT2D eigenvalue weighted by Gasteiger charge is 2.28. The second-order valence-corrected chi connectivity index (χ2v) is 8.45. The monoisotopic (exact) mass is 444 g/mol. The van der Waals surface area contributed by atoms with Crippen LogP contribution in [0.25, 0.3) is 0 Å². The van der Waals surface area contributed by atoms with Gasteiger partial charge in [-0.2, -0.15) is 0 Å². The molecule has 1 aliphatic rings. The number of halogens is 2. The summed E-state index contributed by atoms with van der Waals surface area (Å²) in [4.78, 5) is 27.0. The maximum Gasteiger partial charge on any atom is 0.286 e. The Morgan fingerprint density at radius 3 is 2.73 bits per heavy atom. The summed E-state index contributed by atoms with van der Waals surface area (Å²) >= 11 is 7.10. The largest absolute Gasteiger partial charge is 0.338 e. The first-order valence-corrected chi connectivity index (χ1v) is 10.6. The molecule has 6 nitrogen and oxygen atoms in total. The van der Waals surface area contributed by atoms with Gasteiger partial charge in [-0.15, -0.1) is 10.2 Å². The normalized spacial score (nSPS) is 16.3. The summed E-state index contributed by atoms with van der Waals surface area (Å²) in [6.07, 6.45) is 1.71. The molecular weight excluding hydrogens is 427 g/mol. The topological polar surface area (TPSA) is 75.2 Å². The Bertz CT molecular complexity index is 1070. The Balaban J connectivity index is 1.43. The first-order valence-electron chi connectivity index (χ1n) is 9.45. The van der Waals surface area contributed by atoms with E-state index in [2.05, 4.69) is 15.5 Å². The molecule has 154 valence electrons. The summed E-state index contributed by atoms with van der Waals surface area (Å²) in [5.74, 6) is -0.902. The molecule has 0 bridgehead atoms. The minimum absolute atomic E-state index is 0.0169. The van der Waals surface area contributed by atoms with E-state index in [1.54, 1.807) is 35.2 Å². The standard InChI is InChI=1S/C21H18ClFN4O2S/c22-15-8-6-13(7-9-15)21(29)27-10-2-3-14(12-27)19-25-26-20(30-19)18(28)24-17-5-1-4-16(23)11-17/h1,4-9,11,14H,2-3,10,12H2,(H,24,28)/t14-/m1/s1. The lowest BCUT2D eigenvalue weighted by atomic mass is 9.98. The zero-order valence-electron chi connectivity index (χ0n) is 15.8. The third-order valence-corrected chi connectivity index (χ3v) is 6.20. The molecule has 4 rings (SSSR count). The number of carbonyl (C=O) groups is 2. The Hall–Kier alpha value is -2.84. The lowest BCUT2D eigenvalue weighted by molar-refractivity contribution is 0.0706. The number of anilines is 1. The van der Waals surface area contributed by atoms with Gasteiger partial charge in [0.2, 0.25) is 5.01 Å². The number of aromatic nitrogens is 2. The third-order valence-electron chi connectivity index (χ3n) is 4.87. The zero-order valence-corrected chi connectivity index (χ0v) is 17.4. The van der Waals surface area contributed by atoms with E-state index in [4.69, 9.17) is 11.6 Å². The fourth-order valence-corrected chi connectivity index (χ4v) is 4.37. The first-order chi connectivity index (χ1) is 14.5. The second-order valence-electron chi connectivity index (χ2n) is 7.01. The summed E-state index contributed by atoms with van der Waals surface area (Å²) in [5, 5.41) is 12.3. The van der Waals surface area contributed by atoms with Crippen molar-refractivity contribution in [3.8, 4) is 0 Å². The van der Waals surface area contributed by atoms with Crippen LogP contribution >= 0.6 is 22.9 Å². The van der Waals surface area contributed by atoms with Crippen LogP contribution in [0.5, 0.6) is 0 Å². The van der Waals surface area contributed by atoms with Crippen LogP contribution in [0, 0.1) is 5.82 Å². The number of piperidine rings is 1. The number of carbonyl (C=O) groups excluding carboxylic acids is 2. The molecule has 1 fully saturated rings. The Morgan fingerprint density at radius 2 is 1.97 bits per heavy atom. The van der Waals surface area contributed by atoms with Gasteiger partial charge in [-0.1, -0.05) is 29.0 Å². The van der Waals surface area contributed by atoms with Crippen LogP contribution in [0.3, 0.4) is 0 Å². The molecule has 0 unspecified atom stereocenters. The minimum Gasteiger partial charge on any atom is -0.338 e. The van der Waals surface area contributed by atoms with E-state index < -0.39 is 11.7 Å². The van der Waals surface area contributed by atoms with Gasteiger partial charge in [-0.3, -0.25) is 9.59 Å². The van der Waals surface area contributed by atoms with Gasteiger partial charge in [0, 0.05) is 35.3 Å². The van der Waals surface area contributed by atoms with Gasteiger partial charge in [0.25, 0.3) is 11.8 Å². The molecule has 0 radical (unpaired) electrons. The fourth-order valence-electron chi connectivity index (χ4n) is 3.38.